The SMILES string of the molecule is COC(=O)/C=C/C=C/c1ccc(O)c(N)c1. The predicted octanol–water partition coefficient (Wildman–Crippen LogP) is 1.72. The Kier molecular flexibility index (Phi) is 4.15. The number of nitrogen functional groups attached to an aromatic ring is 1. The minimum absolute atomic E-state index is 0.0576. The normalized spacial score (nSPS) is 11.1. The van der Waals surface area contributed by atoms with Crippen LogP contribution in [0.3, 0.4) is 0 Å². The summed E-state index contributed by atoms with van der Waals surface area (Å²) >= 11 is 0. The van der Waals surface area contributed by atoms with Crippen LogP contribution in [-0.2, 0) is 9.53 Å². The van der Waals surface area contributed by atoms with Crippen LogP contribution < -0.4 is 5.73 Å². The van der Waals surface area contributed by atoms with E-state index in [2.05, 4.69) is 4.74 Å². The molecule has 0 aromatic heterocycles. The third kappa shape index (κ3) is 3.49. The van der Waals surface area contributed by atoms with Gasteiger partial charge in [-0.15, -0.1) is 0 Å². The van der Waals surface area contributed by atoms with E-state index in [1.807, 2.05) is 0 Å². The van der Waals surface area contributed by atoms with Gasteiger partial charge in [-0.1, -0.05) is 24.3 Å². The van der Waals surface area contributed by atoms with Crippen molar-refractivity contribution in [3.05, 3.63) is 42.0 Å². The van der Waals surface area contributed by atoms with Crippen molar-refractivity contribution in [3.8, 4) is 5.75 Å². The fraction of sp³-hybridized carbons (Fsp3) is 0.0833. The summed E-state index contributed by atoms with van der Waals surface area (Å²) in [6.45, 7) is 0. The maximum Gasteiger partial charge on any atom is 0.330 e. The van der Waals surface area contributed by atoms with Gasteiger partial charge in [0.1, 0.15) is 5.75 Å². The molecule has 0 heterocycles. The molecule has 3 N–H and O–H groups in total. The number of carbonyl (C=O) groups excluding carboxylic acids is 1. The van der Waals surface area contributed by atoms with Gasteiger partial charge in [0.15, 0.2) is 0 Å². The second-order valence-electron chi connectivity index (χ2n) is 3.06. The molecule has 0 aliphatic rings. The number of ether oxygens (including phenoxy) is 1. The Balaban J connectivity index is 2.66. The molecule has 0 atom stereocenters. The average molecular weight is 219 g/mol. The smallest absolute Gasteiger partial charge is 0.330 e. The van der Waals surface area contributed by atoms with Crippen molar-refractivity contribution < 1.29 is 14.6 Å². The zero-order valence-corrected chi connectivity index (χ0v) is 8.88. The molecule has 1 aromatic rings. The highest BCUT2D eigenvalue weighted by molar-refractivity contribution is 5.82. The van der Waals surface area contributed by atoms with Crippen molar-refractivity contribution in [2.24, 2.45) is 0 Å². The highest BCUT2D eigenvalue weighted by Crippen LogP contribution is 2.20. The lowest BCUT2D eigenvalue weighted by Crippen LogP contribution is -1.92. The first-order valence-electron chi connectivity index (χ1n) is 4.64. The quantitative estimate of drug-likeness (QED) is 0.267. The van der Waals surface area contributed by atoms with E-state index < -0.39 is 5.97 Å². The Labute approximate surface area is 93.7 Å². The monoisotopic (exact) mass is 219 g/mol. The minimum atomic E-state index is -0.408. The number of aromatic hydroxyl groups is 1. The first-order chi connectivity index (χ1) is 7.63. The van der Waals surface area contributed by atoms with Gasteiger partial charge < -0.3 is 15.6 Å². The number of benzene rings is 1. The third-order valence-electron chi connectivity index (χ3n) is 1.88. The first kappa shape index (κ1) is 11.8. The van der Waals surface area contributed by atoms with Crippen LogP contribution in [0.4, 0.5) is 5.69 Å². The lowest BCUT2D eigenvalue weighted by atomic mass is 10.2. The molecule has 0 aliphatic heterocycles. The van der Waals surface area contributed by atoms with Crippen LogP contribution in [0.1, 0.15) is 5.56 Å². The van der Waals surface area contributed by atoms with Gasteiger partial charge >= 0.3 is 5.97 Å². The average Bonchev–Trinajstić information content (AvgIpc) is 2.28. The standard InChI is InChI=1S/C12H13NO3/c1-16-12(15)5-3-2-4-9-6-7-11(14)10(13)8-9/h2-8,14H,13H2,1H3/b4-2+,5-3+. The molecule has 0 radical (unpaired) electrons. The molecule has 4 nitrogen and oxygen atoms in total. The summed E-state index contributed by atoms with van der Waals surface area (Å²) in [5.41, 5.74) is 6.68. The van der Waals surface area contributed by atoms with Gasteiger partial charge in [0.25, 0.3) is 0 Å². The molecule has 0 amide bonds. The lowest BCUT2D eigenvalue weighted by Gasteiger charge is -1.98. The Morgan fingerprint density at radius 1 is 1.44 bits per heavy atom. The van der Waals surface area contributed by atoms with E-state index in [0.717, 1.165) is 5.56 Å². The second kappa shape index (κ2) is 5.60. The van der Waals surface area contributed by atoms with Gasteiger partial charge in [0.2, 0.25) is 0 Å². The van der Waals surface area contributed by atoms with Gasteiger partial charge in [0, 0.05) is 6.08 Å². The lowest BCUT2D eigenvalue weighted by molar-refractivity contribution is -0.134. The van der Waals surface area contributed by atoms with Crippen LogP contribution in [0.5, 0.6) is 5.75 Å². The highest BCUT2D eigenvalue weighted by atomic mass is 16.5. The van der Waals surface area contributed by atoms with Crippen molar-refractivity contribution in [2.75, 3.05) is 12.8 Å². The fourth-order valence-corrected chi connectivity index (χ4v) is 1.05. The van der Waals surface area contributed by atoms with Crippen LogP contribution in [0.25, 0.3) is 6.08 Å². The van der Waals surface area contributed by atoms with Crippen molar-refractivity contribution >= 4 is 17.7 Å². The van der Waals surface area contributed by atoms with Crippen molar-refractivity contribution in [2.45, 2.75) is 0 Å². The van der Waals surface area contributed by atoms with E-state index >= 15 is 0 Å². The number of phenolic OH excluding ortho intramolecular Hbond substituents is 1. The van der Waals surface area contributed by atoms with Crippen LogP contribution in [0.15, 0.2) is 36.4 Å². The predicted molar refractivity (Wildman–Crippen MR) is 62.7 cm³/mol. The number of hydrogen-bond donors (Lipinski definition) is 2. The van der Waals surface area contributed by atoms with E-state index in [-0.39, 0.29) is 5.75 Å². The molecule has 0 saturated heterocycles. The summed E-state index contributed by atoms with van der Waals surface area (Å²) in [7, 11) is 1.32. The van der Waals surface area contributed by atoms with E-state index in [9.17, 15) is 9.90 Å². The number of rotatable bonds is 3. The van der Waals surface area contributed by atoms with E-state index in [4.69, 9.17) is 5.73 Å². The molecular formula is C12H13NO3. The summed E-state index contributed by atoms with van der Waals surface area (Å²) in [6.07, 6.45) is 6.31. The summed E-state index contributed by atoms with van der Waals surface area (Å²) in [5.74, 6) is -0.350. The molecule has 0 saturated carbocycles. The highest BCUT2D eigenvalue weighted by Gasteiger charge is 1.95. The maximum atomic E-state index is 10.7. The molecular weight excluding hydrogens is 206 g/mol. The molecule has 16 heavy (non-hydrogen) atoms. The Hall–Kier alpha value is -2.23. The topological polar surface area (TPSA) is 72.5 Å². The molecule has 84 valence electrons. The van der Waals surface area contributed by atoms with Gasteiger partial charge in [0.05, 0.1) is 12.8 Å². The number of carbonyl (C=O) groups is 1. The van der Waals surface area contributed by atoms with Crippen LogP contribution >= 0.6 is 0 Å². The zero-order chi connectivity index (χ0) is 12.0. The van der Waals surface area contributed by atoms with Crippen LogP contribution in [0.2, 0.25) is 0 Å². The summed E-state index contributed by atoms with van der Waals surface area (Å²) in [4.78, 5) is 10.7. The number of allylic oxidation sites excluding steroid dienone is 2. The molecule has 0 spiro atoms. The fourth-order valence-electron chi connectivity index (χ4n) is 1.05. The molecule has 0 aliphatic carbocycles. The van der Waals surface area contributed by atoms with Crippen molar-refractivity contribution in [1.82, 2.24) is 0 Å². The second-order valence-corrected chi connectivity index (χ2v) is 3.06. The number of nitrogens with two attached hydrogens (primary N) is 1. The van der Waals surface area contributed by atoms with E-state index in [1.54, 1.807) is 30.4 Å². The molecule has 0 fully saturated rings. The van der Waals surface area contributed by atoms with E-state index in [0.29, 0.717) is 5.69 Å². The maximum absolute atomic E-state index is 10.7. The van der Waals surface area contributed by atoms with E-state index in [1.165, 1.54) is 19.3 Å². The number of anilines is 1. The van der Waals surface area contributed by atoms with Crippen molar-refractivity contribution in [3.63, 3.8) is 0 Å². The summed E-state index contributed by atoms with van der Waals surface area (Å²) < 4.78 is 4.42. The number of hydrogen-bond acceptors (Lipinski definition) is 4. The van der Waals surface area contributed by atoms with Gasteiger partial charge in [-0.2, -0.15) is 0 Å². The third-order valence-corrected chi connectivity index (χ3v) is 1.88. The Bertz CT molecular complexity index is 436. The molecule has 1 rings (SSSR count). The van der Waals surface area contributed by atoms with Gasteiger partial charge in [-0.25, -0.2) is 4.79 Å². The Morgan fingerprint density at radius 2 is 2.19 bits per heavy atom. The van der Waals surface area contributed by atoms with Gasteiger partial charge in [-0.05, 0) is 17.7 Å². The van der Waals surface area contributed by atoms with Crippen LogP contribution in [-0.4, -0.2) is 18.2 Å². The zero-order valence-electron chi connectivity index (χ0n) is 8.88. The minimum Gasteiger partial charge on any atom is -0.506 e. The van der Waals surface area contributed by atoms with Crippen molar-refractivity contribution in [1.29, 1.82) is 0 Å². The molecule has 0 unspecified atom stereocenters. The molecule has 4 heteroatoms. The molecule has 1 aromatic carbocycles. The molecule has 0 bridgehead atoms. The number of phenols is 1. The summed E-state index contributed by atoms with van der Waals surface area (Å²) in [6, 6.07) is 4.87. The number of esters is 1. The largest absolute Gasteiger partial charge is 0.506 e. The Morgan fingerprint density at radius 3 is 2.81 bits per heavy atom. The van der Waals surface area contributed by atoms with Gasteiger partial charge in [-0.3, -0.25) is 0 Å². The summed E-state index contributed by atoms with van der Waals surface area (Å²) in [5, 5.41) is 9.20. The number of methoxy groups -OCH3 is 1. The van der Waals surface area contributed by atoms with Crippen LogP contribution in [0, 0.1) is 0 Å². The first-order valence-corrected chi connectivity index (χ1v) is 4.64.